The zero-order chi connectivity index (χ0) is 11.8. The standard InChI is InChI=1S/C10H10N2O3S/c1-7-2-4-8(5-3-7)9-6-11-10(12-9)16(13,14)15/h2-6H,1H3,(H,11,12)(H,13,14,15). The van der Waals surface area contributed by atoms with Crippen molar-refractivity contribution in [1.82, 2.24) is 9.97 Å². The first-order valence-electron chi connectivity index (χ1n) is 4.56. The van der Waals surface area contributed by atoms with Gasteiger partial charge in [-0.15, -0.1) is 0 Å². The minimum absolute atomic E-state index is 0.442. The highest BCUT2D eigenvalue weighted by Gasteiger charge is 2.14. The van der Waals surface area contributed by atoms with Crippen LogP contribution in [0.4, 0.5) is 0 Å². The molecule has 6 heteroatoms. The Morgan fingerprint density at radius 1 is 1.25 bits per heavy atom. The van der Waals surface area contributed by atoms with Gasteiger partial charge < -0.3 is 4.98 Å². The van der Waals surface area contributed by atoms with Gasteiger partial charge in [-0.05, 0) is 12.5 Å². The number of hydrogen-bond donors (Lipinski definition) is 2. The average molecular weight is 238 g/mol. The third-order valence-corrected chi connectivity index (χ3v) is 2.86. The number of benzene rings is 1. The van der Waals surface area contributed by atoms with Crippen LogP contribution in [0.1, 0.15) is 5.56 Å². The Kier molecular flexibility index (Phi) is 2.53. The van der Waals surface area contributed by atoms with E-state index in [1.807, 2.05) is 31.2 Å². The number of hydrogen-bond acceptors (Lipinski definition) is 3. The van der Waals surface area contributed by atoms with Gasteiger partial charge in [0.15, 0.2) is 0 Å². The molecule has 0 bridgehead atoms. The van der Waals surface area contributed by atoms with Crippen molar-refractivity contribution in [3.63, 3.8) is 0 Å². The molecular weight excluding hydrogens is 228 g/mol. The van der Waals surface area contributed by atoms with E-state index in [9.17, 15) is 8.42 Å². The number of aryl methyl sites for hydroxylation is 1. The van der Waals surface area contributed by atoms with Crippen molar-refractivity contribution in [1.29, 1.82) is 0 Å². The Hall–Kier alpha value is -1.66. The lowest BCUT2D eigenvalue weighted by Crippen LogP contribution is -1.99. The van der Waals surface area contributed by atoms with Crippen molar-refractivity contribution in [2.24, 2.45) is 0 Å². The molecule has 84 valence electrons. The molecule has 2 N–H and O–H groups in total. The van der Waals surface area contributed by atoms with Crippen LogP contribution in [-0.2, 0) is 10.1 Å². The summed E-state index contributed by atoms with van der Waals surface area (Å²) in [5.74, 6) is 0. The summed E-state index contributed by atoms with van der Waals surface area (Å²) >= 11 is 0. The van der Waals surface area contributed by atoms with Crippen LogP contribution in [0.3, 0.4) is 0 Å². The van der Waals surface area contributed by atoms with Gasteiger partial charge in [0.2, 0.25) is 0 Å². The molecule has 0 saturated carbocycles. The first-order valence-corrected chi connectivity index (χ1v) is 6.00. The second-order valence-electron chi connectivity index (χ2n) is 3.44. The molecule has 0 saturated heterocycles. The van der Waals surface area contributed by atoms with E-state index in [4.69, 9.17) is 4.55 Å². The summed E-state index contributed by atoms with van der Waals surface area (Å²) in [6.45, 7) is 1.96. The number of nitrogens with one attached hydrogen (secondary N) is 1. The lowest BCUT2D eigenvalue weighted by atomic mass is 10.1. The Balaban J connectivity index is 2.43. The van der Waals surface area contributed by atoms with E-state index in [1.165, 1.54) is 6.20 Å². The van der Waals surface area contributed by atoms with E-state index in [-0.39, 0.29) is 0 Å². The fourth-order valence-corrected chi connectivity index (χ4v) is 1.74. The van der Waals surface area contributed by atoms with E-state index in [0.29, 0.717) is 5.69 Å². The normalized spacial score (nSPS) is 11.6. The van der Waals surface area contributed by atoms with Crippen LogP contribution in [0, 0.1) is 6.92 Å². The van der Waals surface area contributed by atoms with E-state index in [1.54, 1.807) is 0 Å². The van der Waals surface area contributed by atoms with E-state index >= 15 is 0 Å². The Morgan fingerprint density at radius 3 is 2.38 bits per heavy atom. The third-order valence-electron chi connectivity index (χ3n) is 2.16. The van der Waals surface area contributed by atoms with Crippen LogP contribution in [0.25, 0.3) is 11.3 Å². The van der Waals surface area contributed by atoms with Crippen LogP contribution in [0.5, 0.6) is 0 Å². The molecular formula is C10H10N2O3S. The minimum Gasteiger partial charge on any atom is -0.327 e. The summed E-state index contributed by atoms with van der Waals surface area (Å²) in [4.78, 5) is 6.13. The van der Waals surface area contributed by atoms with E-state index in [0.717, 1.165) is 11.1 Å². The SMILES string of the molecule is Cc1ccc(-c2cnc(S(=O)(=O)O)[nH]2)cc1. The summed E-state index contributed by atoms with van der Waals surface area (Å²) in [6, 6.07) is 7.50. The first kappa shape index (κ1) is 10.8. The predicted molar refractivity (Wildman–Crippen MR) is 58.6 cm³/mol. The second kappa shape index (κ2) is 3.73. The molecule has 0 amide bonds. The highest BCUT2D eigenvalue weighted by molar-refractivity contribution is 7.85. The molecule has 0 aliphatic carbocycles. The lowest BCUT2D eigenvalue weighted by Gasteiger charge is -1.97. The average Bonchev–Trinajstić information content (AvgIpc) is 2.67. The topological polar surface area (TPSA) is 83.1 Å². The van der Waals surface area contributed by atoms with Gasteiger partial charge in [-0.2, -0.15) is 8.42 Å². The molecule has 0 spiro atoms. The predicted octanol–water partition coefficient (Wildman–Crippen LogP) is 1.63. The van der Waals surface area contributed by atoms with E-state index < -0.39 is 15.3 Å². The zero-order valence-electron chi connectivity index (χ0n) is 8.51. The molecule has 0 fully saturated rings. The molecule has 0 atom stereocenters. The molecule has 16 heavy (non-hydrogen) atoms. The van der Waals surface area contributed by atoms with Crippen molar-refractivity contribution in [3.8, 4) is 11.3 Å². The maximum atomic E-state index is 10.8. The van der Waals surface area contributed by atoms with Gasteiger partial charge in [0.05, 0.1) is 11.9 Å². The number of aromatic amines is 1. The molecule has 2 aromatic rings. The fourth-order valence-electron chi connectivity index (χ4n) is 1.31. The summed E-state index contributed by atoms with van der Waals surface area (Å²) in [5.41, 5.74) is 2.47. The number of imidazole rings is 1. The molecule has 1 aromatic heterocycles. The maximum Gasteiger partial charge on any atom is 0.328 e. The van der Waals surface area contributed by atoms with Crippen molar-refractivity contribution in [2.75, 3.05) is 0 Å². The van der Waals surface area contributed by atoms with Crippen molar-refractivity contribution in [2.45, 2.75) is 12.1 Å². The van der Waals surface area contributed by atoms with Crippen molar-refractivity contribution in [3.05, 3.63) is 36.0 Å². The van der Waals surface area contributed by atoms with Gasteiger partial charge in [0, 0.05) is 0 Å². The summed E-state index contributed by atoms with van der Waals surface area (Å²) in [7, 11) is -4.26. The van der Waals surface area contributed by atoms with Crippen LogP contribution in [0.15, 0.2) is 35.6 Å². The number of nitrogens with zero attached hydrogens (tertiary/aromatic N) is 1. The van der Waals surface area contributed by atoms with Gasteiger partial charge in [-0.3, -0.25) is 4.55 Å². The Bertz CT molecular complexity index is 599. The van der Waals surface area contributed by atoms with Crippen molar-refractivity contribution >= 4 is 10.1 Å². The molecule has 2 rings (SSSR count). The fraction of sp³-hybridized carbons (Fsp3) is 0.100. The van der Waals surface area contributed by atoms with Crippen molar-refractivity contribution < 1.29 is 13.0 Å². The summed E-state index contributed by atoms with van der Waals surface area (Å²) in [5, 5.41) is -0.442. The minimum atomic E-state index is -4.26. The smallest absolute Gasteiger partial charge is 0.327 e. The summed E-state index contributed by atoms with van der Waals surface area (Å²) in [6.07, 6.45) is 1.37. The molecule has 1 heterocycles. The third kappa shape index (κ3) is 2.12. The summed E-state index contributed by atoms with van der Waals surface area (Å²) < 4.78 is 30.4. The van der Waals surface area contributed by atoms with Gasteiger partial charge in [-0.1, -0.05) is 29.8 Å². The Morgan fingerprint density at radius 2 is 1.88 bits per heavy atom. The monoisotopic (exact) mass is 238 g/mol. The number of aromatic nitrogens is 2. The highest BCUT2D eigenvalue weighted by Crippen LogP contribution is 2.18. The largest absolute Gasteiger partial charge is 0.328 e. The number of H-pyrrole nitrogens is 1. The van der Waals surface area contributed by atoms with Crippen LogP contribution >= 0.6 is 0 Å². The van der Waals surface area contributed by atoms with Gasteiger partial charge >= 0.3 is 10.1 Å². The molecule has 0 aliphatic rings. The van der Waals surface area contributed by atoms with Crippen LogP contribution < -0.4 is 0 Å². The molecule has 0 radical (unpaired) electrons. The first-order chi connectivity index (χ1) is 7.47. The zero-order valence-corrected chi connectivity index (χ0v) is 9.32. The molecule has 5 nitrogen and oxygen atoms in total. The van der Waals surface area contributed by atoms with E-state index in [2.05, 4.69) is 9.97 Å². The second-order valence-corrected chi connectivity index (χ2v) is 4.78. The lowest BCUT2D eigenvalue weighted by molar-refractivity contribution is 0.475. The van der Waals surface area contributed by atoms with Gasteiger partial charge in [0.25, 0.3) is 5.16 Å². The molecule has 0 aliphatic heterocycles. The molecule has 1 aromatic carbocycles. The maximum absolute atomic E-state index is 10.8. The van der Waals surface area contributed by atoms with Crippen LogP contribution in [0.2, 0.25) is 0 Å². The quantitative estimate of drug-likeness (QED) is 0.779. The van der Waals surface area contributed by atoms with Gasteiger partial charge in [0.1, 0.15) is 0 Å². The van der Waals surface area contributed by atoms with Gasteiger partial charge in [-0.25, -0.2) is 4.98 Å². The number of rotatable bonds is 2. The molecule has 0 unspecified atom stereocenters. The highest BCUT2D eigenvalue weighted by atomic mass is 32.2. The van der Waals surface area contributed by atoms with Crippen LogP contribution in [-0.4, -0.2) is 22.9 Å². The Labute approximate surface area is 92.9 Å².